The van der Waals surface area contributed by atoms with Crippen LogP contribution in [0.2, 0.25) is 0 Å². The van der Waals surface area contributed by atoms with Crippen molar-refractivity contribution in [1.82, 2.24) is 15.0 Å². The second-order valence-electron chi connectivity index (χ2n) is 6.65. The summed E-state index contributed by atoms with van der Waals surface area (Å²) in [6.45, 7) is 9.15. The summed E-state index contributed by atoms with van der Waals surface area (Å²) in [4.78, 5) is 13.0. The van der Waals surface area contributed by atoms with E-state index in [1.807, 2.05) is 29.5 Å². The predicted molar refractivity (Wildman–Crippen MR) is 98.6 cm³/mol. The van der Waals surface area contributed by atoms with Crippen molar-refractivity contribution in [2.45, 2.75) is 33.7 Å². The number of rotatable bonds is 5. The van der Waals surface area contributed by atoms with Gasteiger partial charge in [0.2, 0.25) is 0 Å². The fourth-order valence-electron chi connectivity index (χ4n) is 3.65. The van der Waals surface area contributed by atoms with Crippen LogP contribution >= 0.6 is 0 Å². The number of hydrazine groups is 1. The second kappa shape index (κ2) is 8.01. The van der Waals surface area contributed by atoms with Gasteiger partial charge in [0.1, 0.15) is 11.5 Å². The number of hydrogen-bond donors (Lipinski definition) is 1. The van der Waals surface area contributed by atoms with Crippen molar-refractivity contribution in [3.05, 3.63) is 58.2 Å². The molecule has 1 aliphatic heterocycles. The largest absolute Gasteiger partial charge is 0.379 e. The highest BCUT2D eigenvalue weighted by atomic mass is 19.1. The Morgan fingerprint density at radius 3 is 2.65 bits per heavy atom. The van der Waals surface area contributed by atoms with Gasteiger partial charge in [0.15, 0.2) is 0 Å². The maximum Gasteiger partial charge on any atom is 0.282 e. The number of carbonyl (C=O) groups is 1. The number of nitrogens with zero attached hydrogens (tertiary/aromatic N) is 2. The number of morpholine rings is 1. The summed E-state index contributed by atoms with van der Waals surface area (Å²) >= 11 is 0. The van der Waals surface area contributed by atoms with Gasteiger partial charge < -0.3 is 9.30 Å². The number of carbonyl (C=O) groups excluding carboxylic acids is 1. The summed E-state index contributed by atoms with van der Waals surface area (Å²) in [6, 6.07) is 6.53. The van der Waals surface area contributed by atoms with Crippen LogP contribution in [0.1, 0.15) is 39.8 Å². The fraction of sp³-hybridized carbons (Fsp3) is 0.450. The molecule has 0 aliphatic carbocycles. The molecule has 1 N–H and O–H groups in total. The molecule has 1 saturated heterocycles. The number of aromatic nitrogens is 1. The lowest BCUT2D eigenvalue weighted by atomic mass is 10.1. The molecule has 0 radical (unpaired) electrons. The first-order valence-electron chi connectivity index (χ1n) is 9.08. The predicted octanol–water partition coefficient (Wildman–Crippen LogP) is 2.83. The smallest absolute Gasteiger partial charge is 0.282 e. The van der Waals surface area contributed by atoms with Gasteiger partial charge in [-0.15, -0.1) is 0 Å². The van der Waals surface area contributed by atoms with Crippen molar-refractivity contribution < 1.29 is 13.9 Å². The Kier molecular flexibility index (Phi) is 5.74. The summed E-state index contributed by atoms with van der Waals surface area (Å²) in [5.41, 5.74) is 7.71. The van der Waals surface area contributed by atoms with E-state index in [4.69, 9.17) is 4.74 Å². The van der Waals surface area contributed by atoms with E-state index in [-0.39, 0.29) is 11.7 Å². The van der Waals surface area contributed by atoms with Crippen LogP contribution in [0.5, 0.6) is 0 Å². The molecule has 26 heavy (non-hydrogen) atoms. The van der Waals surface area contributed by atoms with Crippen LogP contribution < -0.4 is 5.43 Å². The van der Waals surface area contributed by atoms with Crippen LogP contribution in [-0.2, 0) is 17.7 Å². The van der Waals surface area contributed by atoms with Crippen LogP contribution in [-0.4, -0.2) is 41.8 Å². The van der Waals surface area contributed by atoms with E-state index in [2.05, 4.69) is 12.3 Å². The van der Waals surface area contributed by atoms with Crippen molar-refractivity contribution in [1.29, 1.82) is 0 Å². The molecular weight excluding hydrogens is 333 g/mol. The molecule has 3 rings (SSSR count). The first-order chi connectivity index (χ1) is 12.5. The van der Waals surface area contributed by atoms with Gasteiger partial charge in [-0.05, 0) is 49.1 Å². The lowest BCUT2D eigenvalue weighted by molar-refractivity contribution is 0.0123. The Balaban J connectivity index is 1.93. The lowest BCUT2D eigenvalue weighted by Crippen LogP contribution is -2.48. The highest BCUT2D eigenvalue weighted by molar-refractivity contribution is 5.94. The first-order valence-corrected chi connectivity index (χ1v) is 9.08. The third-order valence-corrected chi connectivity index (χ3v) is 4.99. The van der Waals surface area contributed by atoms with Gasteiger partial charge >= 0.3 is 0 Å². The molecule has 1 aliphatic rings. The molecule has 2 heterocycles. The van der Waals surface area contributed by atoms with E-state index in [1.165, 1.54) is 17.7 Å². The van der Waals surface area contributed by atoms with Gasteiger partial charge in [0, 0.05) is 25.3 Å². The minimum absolute atomic E-state index is 0.122. The van der Waals surface area contributed by atoms with E-state index in [9.17, 15) is 9.18 Å². The van der Waals surface area contributed by atoms with Gasteiger partial charge in [-0.2, -0.15) is 0 Å². The van der Waals surface area contributed by atoms with Crippen molar-refractivity contribution in [2.24, 2.45) is 0 Å². The number of halogens is 1. The first kappa shape index (κ1) is 18.6. The highest BCUT2D eigenvalue weighted by Crippen LogP contribution is 2.24. The minimum Gasteiger partial charge on any atom is -0.379 e. The SMILES string of the molecule is CCc1c(C)c(C(=O)NN2CCOCC2)n(Cc2cccc(F)c2)c1C. The number of ether oxygens (including phenoxy) is 1. The molecule has 1 amide bonds. The molecule has 1 aromatic carbocycles. The van der Waals surface area contributed by atoms with Crippen molar-refractivity contribution in [3.8, 4) is 0 Å². The quantitative estimate of drug-likeness (QED) is 0.893. The number of hydrogen-bond acceptors (Lipinski definition) is 3. The summed E-state index contributed by atoms with van der Waals surface area (Å²) in [6.07, 6.45) is 0.853. The maximum atomic E-state index is 13.6. The molecule has 0 atom stereocenters. The zero-order valence-electron chi connectivity index (χ0n) is 15.6. The van der Waals surface area contributed by atoms with Gasteiger partial charge in [-0.3, -0.25) is 10.2 Å². The van der Waals surface area contributed by atoms with Gasteiger partial charge in [-0.25, -0.2) is 9.40 Å². The van der Waals surface area contributed by atoms with Crippen molar-refractivity contribution in [3.63, 3.8) is 0 Å². The highest BCUT2D eigenvalue weighted by Gasteiger charge is 2.24. The maximum absolute atomic E-state index is 13.6. The molecule has 0 bridgehead atoms. The zero-order valence-corrected chi connectivity index (χ0v) is 15.6. The van der Waals surface area contributed by atoms with Gasteiger partial charge in [0.05, 0.1) is 13.2 Å². The molecule has 0 spiro atoms. The average molecular weight is 359 g/mol. The molecule has 1 aromatic heterocycles. The normalized spacial score (nSPS) is 15.2. The second-order valence-corrected chi connectivity index (χ2v) is 6.65. The Morgan fingerprint density at radius 1 is 1.27 bits per heavy atom. The van der Waals surface area contributed by atoms with Crippen LogP contribution in [0.25, 0.3) is 0 Å². The third kappa shape index (κ3) is 3.81. The van der Waals surface area contributed by atoms with Gasteiger partial charge in [0.25, 0.3) is 5.91 Å². The van der Waals surface area contributed by atoms with Crippen molar-refractivity contribution in [2.75, 3.05) is 26.3 Å². The summed E-state index contributed by atoms with van der Waals surface area (Å²) in [5, 5.41) is 1.89. The zero-order chi connectivity index (χ0) is 18.7. The molecule has 1 fully saturated rings. The number of amides is 1. The Labute approximate surface area is 153 Å². The van der Waals surface area contributed by atoms with E-state index >= 15 is 0 Å². The fourth-order valence-corrected chi connectivity index (χ4v) is 3.65. The Bertz CT molecular complexity index is 795. The van der Waals surface area contributed by atoms with E-state index < -0.39 is 0 Å². The summed E-state index contributed by atoms with van der Waals surface area (Å²) < 4.78 is 20.9. The molecule has 0 unspecified atom stereocenters. The number of nitrogens with one attached hydrogen (secondary N) is 1. The summed E-state index contributed by atoms with van der Waals surface area (Å²) in [7, 11) is 0. The van der Waals surface area contributed by atoms with E-state index in [0.717, 1.165) is 23.2 Å². The Morgan fingerprint density at radius 2 is 2.00 bits per heavy atom. The Hall–Kier alpha value is -2.18. The van der Waals surface area contributed by atoms with Gasteiger partial charge in [-0.1, -0.05) is 19.1 Å². The lowest BCUT2D eigenvalue weighted by Gasteiger charge is -2.27. The van der Waals surface area contributed by atoms with Crippen LogP contribution in [0.15, 0.2) is 24.3 Å². The molecule has 140 valence electrons. The molecular formula is C20H26FN3O2. The number of benzene rings is 1. The average Bonchev–Trinajstić information content (AvgIpc) is 2.85. The molecule has 6 heteroatoms. The molecule has 5 nitrogen and oxygen atoms in total. The monoisotopic (exact) mass is 359 g/mol. The summed E-state index contributed by atoms with van der Waals surface area (Å²) in [5.74, 6) is -0.386. The van der Waals surface area contributed by atoms with Crippen molar-refractivity contribution >= 4 is 5.91 Å². The van der Waals surface area contributed by atoms with Crippen LogP contribution in [0.3, 0.4) is 0 Å². The van der Waals surface area contributed by atoms with E-state index in [0.29, 0.717) is 38.5 Å². The third-order valence-electron chi connectivity index (χ3n) is 4.99. The van der Waals surface area contributed by atoms with E-state index in [1.54, 1.807) is 6.07 Å². The van der Waals surface area contributed by atoms with Crippen LogP contribution in [0, 0.1) is 19.7 Å². The minimum atomic E-state index is -0.265. The molecule has 2 aromatic rings. The molecule has 0 saturated carbocycles. The topological polar surface area (TPSA) is 46.5 Å². The van der Waals surface area contributed by atoms with Crippen LogP contribution in [0.4, 0.5) is 4.39 Å². The standard InChI is InChI=1S/C20H26FN3O2/c1-4-18-14(2)19(20(25)22-23-8-10-26-11-9-23)24(15(18)3)13-16-6-5-7-17(21)12-16/h5-7,12H,4,8-11,13H2,1-3H3,(H,22,25).